The molecule has 0 spiro atoms. The zero-order valence-corrected chi connectivity index (χ0v) is 11.7. The van der Waals surface area contributed by atoms with Crippen molar-refractivity contribution in [1.29, 1.82) is 0 Å². The summed E-state index contributed by atoms with van der Waals surface area (Å²) in [6, 6.07) is 6.51. The molecule has 1 aliphatic rings. The molecule has 0 radical (unpaired) electrons. The van der Waals surface area contributed by atoms with Crippen LogP contribution in [0.25, 0.3) is 11.0 Å². The van der Waals surface area contributed by atoms with Crippen LogP contribution in [-0.4, -0.2) is 22.6 Å². The Hall–Kier alpha value is -1.39. The zero-order chi connectivity index (χ0) is 13.5. The van der Waals surface area contributed by atoms with E-state index < -0.39 is 0 Å². The Balaban J connectivity index is 1.68. The van der Waals surface area contributed by atoms with Gasteiger partial charge in [0, 0.05) is 20.1 Å². The van der Waals surface area contributed by atoms with Crippen LogP contribution in [0, 0.1) is 12.3 Å². The molecule has 0 atom stereocenters. The van der Waals surface area contributed by atoms with Crippen LogP contribution in [-0.2, 0) is 13.6 Å². The van der Waals surface area contributed by atoms with E-state index in [0.29, 0.717) is 5.41 Å². The average Bonchev–Trinajstić information content (AvgIpc) is 3.13. The van der Waals surface area contributed by atoms with Crippen molar-refractivity contribution in [1.82, 2.24) is 14.9 Å². The number of nitrogens with zero attached hydrogens (tertiary/aromatic N) is 2. The predicted molar refractivity (Wildman–Crippen MR) is 77.9 cm³/mol. The maximum Gasteiger partial charge on any atom is 0.106 e. The van der Waals surface area contributed by atoms with Gasteiger partial charge < -0.3 is 15.6 Å². The largest absolute Gasteiger partial charge is 0.331 e. The highest BCUT2D eigenvalue weighted by Crippen LogP contribution is 2.43. The second kappa shape index (κ2) is 4.62. The number of aromatic nitrogens is 2. The topological polar surface area (TPSA) is 55.9 Å². The minimum Gasteiger partial charge on any atom is -0.331 e. The van der Waals surface area contributed by atoms with Gasteiger partial charge in [-0.25, -0.2) is 4.98 Å². The molecular weight excluding hydrogens is 236 g/mol. The van der Waals surface area contributed by atoms with E-state index in [9.17, 15) is 0 Å². The van der Waals surface area contributed by atoms with Gasteiger partial charge in [-0.3, -0.25) is 0 Å². The first-order chi connectivity index (χ1) is 9.13. The van der Waals surface area contributed by atoms with Gasteiger partial charge in [0.25, 0.3) is 0 Å². The number of benzene rings is 1. The molecular formula is C15H22N4. The van der Waals surface area contributed by atoms with Gasteiger partial charge >= 0.3 is 0 Å². The van der Waals surface area contributed by atoms with Crippen LogP contribution < -0.4 is 11.1 Å². The maximum atomic E-state index is 5.79. The summed E-state index contributed by atoms with van der Waals surface area (Å²) in [5, 5.41) is 3.53. The summed E-state index contributed by atoms with van der Waals surface area (Å²) in [7, 11) is 2.06. The Morgan fingerprint density at radius 1 is 1.42 bits per heavy atom. The Morgan fingerprint density at radius 3 is 2.89 bits per heavy atom. The predicted octanol–water partition coefficient (Wildman–Crippen LogP) is 1.71. The highest BCUT2D eigenvalue weighted by molar-refractivity contribution is 5.76. The highest BCUT2D eigenvalue weighted by atomic mass is 15.0. The Kier molecular flexibility index (Phi) is 3.07. The first kappa shape index (κ1) is 12.6. The monoisotopic (exact) mass is 258 g/mol. The van der Waals surface area contributed by atoms with Gasteiger partial charge in [-0.05, 0) is 49.4 Å². The van der Waals surface area contributed by atoms with E-state index in [2.05, 4.69) is 40.1 Å². The molecule has 0 bridgehead atoms. The number of hydrogen-bond donors (Lipinski definition) is 2. The third kappa shape index (κ3) is 2.38. The van der Waals surface area contributed by atoms with Crippen molar-refractivity contribution >= 4 is 11.0 Å². The third-order valence-electron chi connectivity index (χ3n) is 4.39. The smallest absolute Gasteiger partial charge is 0.106 e. The van der Waals surface area contributed by atoms with E-state index in [1.54, 1.807) is 0 Å². The van der Waals surface area contributed by atoms with Crippen LogP contribution in [0.3, 0.4) is 0 Å². The third-order valence-corrected chi connectivity index (χ3v) is 4.39. The molecule has 4 nitrogen and oxygen atoms in total. The summed E-state index contributed by atoms with van der Waals surface area (Å²) < 4.78 is 2.13. The summed E-state index contributed by atoms with van der Waals surface area (Å²) in [4.78, 5) is 4.57. The van der Waals surface area contributed by atoms with E-state index >= 15 is 0 Å². The number of nitrogens with two attached hydrogens (primary N) is 1. The molecule has 1 fully saturated rings. The summed E-state index contributed by atoms with van der Waals surface area (Å²) in [5.74, 6) is 1.06. The molecule has 0 aliphatic heterocycles. The first-order valence-electron chi connectivity index (χ1n) is 6.96. The van der Waals surface area contributed by atoms with Crippen molar-refractivity contribution in [2.45, 2.75) is 26.3 Å². The number of imidazole rings is 1. The molecule has 0 saturated heterocycles. The molecule has 0 amide bonds. The molecule has 2 aromatic rings. The van der Waals surface area contributed by atoms with Crippen molar-refractivity contribution in [3.05, 3.63) is 29.6 Å². The average molecular weight is 258 g/mol. The summed E-state index contributed by atoms with van der Waals surface area (Å²) in [6.45, 7) is 4.77. The van der Waals surface area contributed by atoms with E-state index in [4.69, 9.17) is 5.73 Å². The Labute approximate surface area is 114 Å². The van der Waals surface area contributed by atoms with Gasteiger partial charge in [-0.2, -0.15) is 0 Å². The van der Waals surface area contributed by atoms with Crippen LogP contribution in [0.4, 0.5) is 0 Å². The fourth-order valence-electron chi connectivity index (χ4n) is 2.58. The Bertz CT molecular complexity index is 595. The lowest BCUT2D eigenvalue weighted by Gasteiger charge is -2.13. The van der Waals surface area contributed by atoms with Gasteiger partial charge in [0.2, 0.25) is 0 Å². The van der Waals surface area contributed by atoms with Gasteiger partial charge in [-0.15, -0.1) is 0 Å². The van der Waals surface area contributed by atoms with Crippen LogP contribution in [0.15, 0.2) is 18.2 Å². The van der Waals surface area contributed by atoms with Crippen molar-refractivity contribution in [3.8, 4) is 0 Å². The molecule has 1 heterocycles. The number of rotatable bonds is 5. The SMILES string of the molecule is Cc1nc2cc(CNCC3(CN)CC3)ccc2n1C. The molecule has 1 aromatic carbocycles. The number of aryl methyl sites for hydroxylation is 2. The molecule has 102 valence electrons. The van der Waals surface area contributed by atoms with E-state index in [1.165, 1.54) is 23.9 Å². The van der Waals surface area contributed by atoms with Crippen LogP contribution >= 0.6 is 0 Å². The molecule has 1 aromatic heterocycles. The van der Waals surface area contributed by atoms with E-state index in [1.807, 2.05) is 6.92 Å². The van der Waals surface area contributed by atoms with Crippen LogP contribution in [0.2, 0.25) is 0 Å². The van der Waals surface area contributed by atoms with Crippen molar-refractivity contribution in [3.63, 3.8) is 0 Å². The lowest BCUT2D eigenvalue weighted by Crippen LogP contribution is -2.29. The lowest BCUT2D eigenvalue weighted by atomic mass is 10.1. The Morgan fingerprint density at radius 2 is 2.21 bits per heavy atom. The fourth-order valence-corrected chi connectivity index (χ4v) is 2.58. The molecule has 19 heavy (non-hydrogen) atoms. The lowest BCUT2D eigenvalue weighted by molar-refractivity contribution is 0.468. The van der Waals surface area contributed by atoms with Gasteiger partial charge in [0.1, 0.15) is 5.82 Å². The molecule has 0 unspecified atom stereocenters. The molecule has 1 saturated carbocycles. The minimum absolute atomic E-state index is 0.395. The number of nitrogens with one attached hydrogen (secondary N) is 1. The van der Waals surface area contributed by atoms with Crippen LogP contribution in [0.1, 0.15) is 24.2 Å². The van der Waals surface area contributed by atoms with Crippen molar-refractivity contribution in [2.24, 2.45) is 18.2 Å². The van der Waals surface area contributed by atoms with Crippen molar-refractivity contribution in [2.75, 3.05) is 13.1 Å². The van der Waals surface area contributed by atoms with Gasteiger partial charge in [0.05, 0.1) is 11.0 Å². The van der Waals surface area contributed by atoms with Gasteiger partial charge in [-0.1, -0.05) is 6.07 Å². The van der Waals surface area contributed by atoms with E-state index in [0.717, 1.165) is 31.0 Å². The summed E-state index contributed by atoms with van der Waals surface area (Å²) >= 11 is 0. The quantitative estimate of drug-likeness (QED) is 0.858. The fraction of sp³-hybridized carbons (Fsp3) is 0.533. The maximum absolute atomic E-state index is 5.79. The van der Waals surface area contributed by atoms with E-state index in [-0.39, 0.29) is 0 Å². The first-order valence-corrected chi connectivity index (χ1v) is 6.96. The highest BCUT2D eigenvalue weighted by Gasteiger charge is 2.40. The molecule has 1 aliphatic carbocycles. The zero-order valence-electron chi connectivity index (χ0n) is 11.7. The normalized spacial score (nSPS) is 17.0. The number of hydrogen-bond acceptors (Lipinski definition) is 3. The second-order valence-electron chi connectivity index (χ2n) is 5.85. The standard InChI is InChI=1S/C15H22N4/c1-11-18-13-7-12(3-4-14(13)19(11)2)8-17-10-15(9-16)5-6-15/h3-4,7,17H,5-6,8-10,16H2,1-2H3. The number of fused-ring (bicyclic) bond motifs is 1. The summed E-state index contributed by atoms with van der Waals surface area (Å²) in [6.07, 6.45) is 2.55. The minimum atomic E-state index is 0.395. The van der Waals surface area contributed by atoms with Crippen molar-refractivity contribution < 1.29 is 0 Å². The molecule has 4 heteroatoms. The molecule has 3 N–H and O–H groups in total. The summed E-state index contributed by atoms with van der Waals surface area (Å²) in [5.41, 5.74) is 9.75. The van der Waals surface area contributed by atoms with Crippen LogP contribution in [0.5, 0.6) is 0 Å². The van der Waals surface area contributed by atoms with Gasteiger partial charge in [0.15, 0.2) is 0 Å². The molecule has 3 rings (SSSR count). The second-order valence-corrected chi connectivity index (χ2v) is 5.85.